The van der Waals surface area contributed by atoms with Crippen LogP contribution in [0, 0.1) is 6.92 Å². The van der Waals surface area contributed by atoms with E-state index in [1.807, 2.05) is 29.2 Å². The van der Waals surface area contributed by atoms with Gasteiger partial charge in [-0.05, 0) is 37.6 Å². The van der Waals surface area contributed by atoms with Gasteiger partial charge in [-0.1, -0.05) is 29.8 Å². The highest BCUT2D eigenvalue weighted by molar-refractivity contribution is 5.95. The Morgan fingerprint density at radius 2 is 2.08 bits per heavy atom. The van der Waals surface area contributed by atoms with Crippen molar-refractivity contribution < 1.29 is 9.53 Å². The number of nitrogens with one attached hydrogen (secondary N) is 1. The molecule has 1 saturated heterocycles. The number of piperazine rings is 1. The molecule has 4 heteroatoms. The Balaban J connectivity index is 1.90. The number of amides is 1. The zero-order valence-corrected chi connectivity index (χ0v) is 14.5. The third-order valence-corrected chi connectivity index (χ3v) is 4.43. The van der Waals surface area contributed by atoms with Crippen LogP contribution in [0.1, 0.15) is 22.8 Å². The van der Waals surface area contributed by atoms with Crippen molar-refractivity contribution in [2.75, 3.05) is 26.7 Å². The van der Waals surface area contributed by atoms with Gasteiger partial charge in [0.2, 0.25) is 0 Å². The van der Waals surface area contributed by atoms with Crippen LogP contribution in [0.15, 0.2) is 42.5 Å². The average Bonchev–Trinajstić information content (AvgIpc) is 2.60. The molecule has 2 aromatic rings. The van der Waals surface area contributed by atoms with Crippen LogP contribution in [-0.4, -0.2) is 43.6 Å². The Morgan fingerprint density at radius 1 is 1.25 bits per heavy atom. The molecular weight excluding hydrogens is 300 g/mol. The van der Waals surface area contributed by atoms with Crippen molar-refractivity contribution >= 4 is 5.91 Å². The van der Waals surface area contributed by atoms with Gasteiger partial charge in [-0.2, -0.15) is 0 Å². The van der Waals surface area contributed by atoms with E-state index < -0.39 is 0 Å². The van der Waals surface area contributed by atoms with Gasteiger partial charge in [0, 0.05) is 36.8 Å². The zero-order chi connectivity index (χ0) is 17.1. The number of methoxy groups -OCH3 is 1. The number of hydrogen-bond acceptors (Lipinski definition) is 3. The molecule has 0 spiro atoms. The maximum atomic E-state index is 12.8. The van der Waals surface area contributed by atoms with Crippen molar-refractivity contribution in [2.24, 2.45) is 0 Å². The lowest BCUT2D eigenvalue weighted by molar-refractivity contribution is 0.0709. The van der Waals surface area contributed by atoms with E-state index in [-0.39, 0.29) is 5.91 Å². The summed E-state index contributed by atoms with van der Waals surface area (Å²) in [7, 11) is 1.65. The monoisotopic (exact) mass is 324 g/mol. The van der Waals surface area contributed by atoms with E-state index in [9.17, 15) is 4.79 Å². The number of nitrogens with zero attached hydrogens (tertiary/aromatic N) is 1. The summed E-state index contributed by atoms with van der Waals surface area (Å²) < 4.78 is 5.56. The molecule has 1 amide bonds. The topological polar surface area (TPSA) is 41.6 Å². The highest BCUT2D eigenvalue weighted by Crippen LogP contribution is 2.31. The second-order valence-electron chi connectivity index (χ2n) is 6.39. The van der Waals surface area contributed by atoms with E-state index in [0.29, 0.717) is 11.6 Å². The molecule has 3 rings (SSSR count). The van der Waals surface area contributed by atoms with E-state index >= 15 is 0 Å². The molecule has 1 unspecified atom stereocenters. The first kappa shape index (κ1) is 16.5. The van der Waals surface area contributed by atoms with Crippen molar-refractivity contribution in [3.8, 4) is 16.9 Å². The van der Waals surface area contributed by atoms with E-state index in [1.165, 1.54) is 5.56 Å². The standard InChI is InChI=1S/C20H24N2O2/c1-14-5-4-6-16(11-14)18-8-7-17(12-19(18)24-3)20(23)22-10-9-21-15(2)13-22/h4-8,11-12,15,21H,9-10,13H2,1-3H3. The van der Waals surface area contributed by atoms with Crippen molar-refractivity contribution in [3.63, 3.8) is 0 Å². The Bertz CT molecular complexity index is 742. The molecule has 4 nitrogen and oxygen atoms in total. The zero-order valence-electron chi connectivity index (χ0n) is 14.5. The molecule has 0 bridgehead atoms. The van der Waals surface area contributed by atoms with Crippen LogP contribution in [0.3, 0.4) is 0 Å². The largest absolute Gasteiger partial charge is 0.496 e. The lowest BCUT2D eigenvalue weighted by Crippen LogP contribution is -2.51. The highest BCUT2D eigenvalue weighted by Gasteiger charge is 2.22. The fourth-order valence-corrected chi connectivity index (χ4v) is 3.17. The van der Waals surface area contributed by atoms with Crippen molar-refractivity contribution in [3.05, 3.63) is 53.6 Å². The summed E-state index contributed by atoms with van der Waals surface area (Å²) in [5, 5.41) is 3.36. The Kier molecular flexibility index (Phi) is 4.86. The number of carbonyl (C=O) groups excluding carboxylic acids is 1. The van der Waals surface area contributed by atoms with Crippen LogP contribution in [0.2, 0.25) is 0 Å². The summed E-state index contributed by atoms with van der Waals surface area (Å²) in [5.74, 6) is 0.798. The summed E-state index contributed by atoms with van der Waals surface area (Å²) in [5.41, 5.74) is 3.98. The molecule has 1 heterocycles. The summed E-state index contributed by atoms with van der Waals surface area (Å²) in [4.78, 5) is 14.7. The second-order valence-corrected chi connectivity index (χ2v) is 6.39. The molecule has 1 atom stereocenters. The highest BCUT2D eigenvalue weighted by atomic mass is 16.5. The first-order chi connectivity index (χ1) is 11.6. The SMILES string of the molecule is COc1cc(C(=O)N2CCNC(C)C2)ccc1-c1cccc(C)c1. The number of ether oxygens (including phenoxy) is 1. The van der Waals surface area contributed by atoms with Crippen molar-refractivity contribution in [2.45, 2.75) is 19.9 Å². The smallest absolute Gasteiger partial charge is 0.254 e. The van der Waals surface area contributed by atoms with E-state index in [0.717, 1.165) is 36.5 Å². The van der Waals surface area contributed by atoms with Gasteiger partial charge in [-0.25, -0.2) is 0 Å². The maximum Gasteiger partial charge on any atom is 0.254 e. The van der Waals surface area contributed by atoms with Crippen molar-refractivity contribution in [1.29, 1.82) is 0 Å². The van der Waals surface area contributed by atoms with Crippen LogP contribution in [0.5, 0.6) is 5.75 Å². The predicted molar refractivity (Wildman–Crippen MR) is 96.5 cm³/mol. The van der Waals surface area contributed by atoms with Gasteiger partial charge in [0.25, 0.3) is 5.91 Å². The molecule has 0 radical (unpaired) electrons. The molecular formula is C20H24N2O2. The lowest BCUT2D eigenvalue weighted by Gasteiger charge is -2.32. The normalized spacial score (nSPS) is 17.6. The molecule has 1 N–H and O–H groups in total. The second kappa shape index (κ2) is 7.05. The Morgan fingerprint density at radius 3 is 2.79 bits per heavy atom. The first-order valence-corrected chi connectivity index (χ1v) is 8.36. The van der Waals surface area contributed by atoms with Crippen LogP contribution < -0.4 is 10.1 Å². The van der Waals surface area contributed by atoms with Gasteiger partial charge in [0.05, 0.1) is 7.11 Å². The predicted octanol–water partition coefficient (Wildman–Crippen LogP) is 3.10. The van der Waals surface area contributed by atoms with Gasteiger partial charge in [-0.15, -0.1) is 0 Å². The van der Waals surface area contributed by atoms with E-state index in [4.69, 9.17) is 4.74 Å². The van der Waals surface area contributed by atoms with Gasteiger partial charge in [0.15, 0.2) is 0 Å². The molecule has 1 aliphatic heterocycles. The molecule has 1 fully saturated rings. The molecule has 0 aliphatic carbocycles. The fourth-order valence-electron chi connectivity index (χ4n) is 3.17. The Labute approximate surface area is 143 Å². The summed E-state index contributed by atoms with van der Waals surface area (Å²) >= 11 is 0. The van der Waals surface area contributed by atoms with Gasteiger partial charge < -0.3 is 15.0 Å². The lowest BCUT2D eigenvalue weighted by atomic mass is 10.0. The third-order valence-electron chi connectivity index (χ3n) is 4.43. The minimum Gasteiger partial charge on any atom is -0.496 e. The van der Waals surface area contributed by atoms with Crippen LogP contribution in [0.25, 0.3) is 11.1 Å². The number of aryl methyl sites for hydroxylation is 1. The third kappa shape index (κ3) is 3.44. The van der Waals surface area contributed by atoms with Gasteiger partial charge in [0.1, 0.15) is 5.75 Å². The van der Waals surface area contributed by atoms with Crippen LogP contribution >= 0.6 is 0 Å². The number of rotatable bonds is 3. The Hall–Kier alpha value is -2.33. The summed E-state index contributed by atoms with van der Waals surface area (Å²) in [6.45, 7) is 6.48. The number of carbonyl (C=O) groups is 1. The quantitative estimate of drug-likeness (QED) is 0.943. The molecule has 0 saturated carbocycles. The molecule has 0 aromatic heterocycles. The number of benzene rings is 2. The van der Waals surface area contributed by atoms with Crippen LogP contribution in [-0.2, 0) is 0 Å². The van der Waals surface area contributed by atoms with Crippen molar-refractivity contribution in [1.82, 2.24) is 10.2 Å². The number of hydrogen-bond donors (Lipinski definition) is 1. The molecule has 2 aromatic carbocycles. The summed E-state index contributed by atoms with van der Waals surface area (Å²) in [6, 6.07) is 14.3. The first-order valence-electron chi connectivity index (χ1n) is 8.36. The molecule has 24 heavy (non-hydrogen) atoms. The fraction of sp³-hybridized carbons (Fsp3) is 0.350. The van der Waals surface area contributed by atoms with Crippen LogP contribution in [0.4, 0.5) is 0 Å². The minimum absolute atomic E-state index is 0.0671. The average molecular weight is 324 g/mol. The molecule has 1 aliphatic rings. The van der Waals surface area contributed by atoms with Gasteiger partial charge in [-0.3, -0.25) is 4.79 Å². The van der Waals surface area contributed by atoms with E-state index in [1.54, 1.807) is 7.11 Å². The molecule has 126 valence electrons. The minimum atomic E-state index is 0.0671. The van der Waals surface area contributed by atoms with E-state index in [2.05, 4.69) is 37.4 Å². The summed E-state index contributed by atoms with van der Waals surface area (Å²) in [6.07, 6.45) is 0. The maximum absolute atomic E-state index is 12.8. The van der Waals surface area contributed by atoms with Gasteiger partial charge >= 0.3 is 0 Å².